The minimum atomic E-state index is 0.0847. The summed E-state index contributed by atoms with van der Waals surface area (Å²) in [4.78, 5) is 0. The number of halogens is 2. The van der Waals surface area contributed by atoms with Crippen molar-refractivity contribution in [3.05, 3.63) is 68.7 Å². The summed E-state index contributed by atoms with van der Waals surface area (Å²) < 4.78 is 1.03. The van der Waals surface area contributed by atoms with Crippen molar-refractivity contribution >= 4 is 27.5 Å². The molecule has 2 aromatic carbocycles. The van der Waals surface area contributed by atoms with E-state index < -0.39 is 0 Å². The Labute approximate surface area is 126 Å². The zero-order chi connectivity index (χ0) is 13.7. The number of aliphatic hydroxyl groups is 1. The number of rotatable bonds is 5. The Morgan fingerprint density at radius 1 is 1.00 bits per heavy atom. The van der Waals surface area contributed by atoms with E-state index >= 15 is 0 Å². The Balaban J connectivity index is 1.90. The molecule has 0 heterocycles. The Morgan fingerprint density at radius 3 is 2.37 bits per heavy atom. The first-order valence-electron chi connectivity index (χ1n) is 6.02. The van der Waals surface area contributed by atoms with Gasteiger partial charge in [0.05, 0.1) is 6.61 Å². The molecule has 100 valence electrons. The van der Waals surface area contributed by atoms with Crippen molar-refractivity contribution in [3.63, 3.8) is 0 Å². The lowest BCUT2D eigenvalue weighted by Crippen LogP contribution is -2.13. The maximum Gasteiger partial charge on any atom is 0.0681 e. The maximum atomic E-state index is 8.98. The predicted molar refractivity (Wildman–Crippen MR) is 82.1 cm³/mol. The third-order valence-corrected chi connectivity index (χ3v) is 3.72. The smallest absolute Gasteiger partial charge is 0.0681 e. The summed E-state index contributed by atoms with van der Waals surface area (Å²) in [5, 5.41) is 13.1. The summed E-state index contributed by atoms with van der Waals surface area (Å²) in [6, 6.07) is 13.7. The molecule has 19 heavy (non-hydrogen) atoms. The van der Waals surface area contributed by atoms with Crippen molar-refractivity contribution in [3.8, 4) is 0 Å². The first-order valence-corrected chi connectivity index (χ1v) is 7.19. The molecule has 4 heteroatoms. The summed E-state index contributed by atoms with van der Waals surface area (Å²) in [5.74, 6) is 0. The maximum absolute atomic E-state index is 8.98. The van der Waals surface area contributed by atoms with Crippen LogP contribution in [-0.4, -0.2) is 5.11 Å². The topological polar surface area (TPSA) is 32.3 Å². The number of hydrogen-bond acceptors (Lipinski definition) is 2. The average molecular weight is 341 g/mol. The van der Waals surface area contributed by atoms with Gasteiger partial charge in [0, 0.05) is 22.6 Å². The second kappa shape index (κ2) is 7.06. The molecule has 0 amide bonds. The Bertz CT molecular complexity index is 542. The zero-order valence-electron chi connectivity index (χ0n) is 10.4. The fourth-order valence-corrected chi connectivity index (χ4v) is 2.38. The van der Waals surface area contributed by atoms with E-state index in [1.54, 1.807) is 0 Å². The molecule has 0 unspecified atom stereocenters. The fourth-order valence-electron chi connectivity index (χ4n) is 1.78. The van der Waals surface area contributed by atoms with Gasteiger partial charge in [-0.15, -0.1) is 0 Å². The van der Waals surface area contributed by atoms with Crippen LogP contribution in [0.2, 0.25) is 5.02 Å². The van der Waals surface area contributed by atoms with Crippen molar-refractivity contribution in [2.24, 2.45) is 0 Å². The third-order valence-electron chi connectivity index (χ3n) is 2.86. The molecule has 0 saturated heterocycles. The molecule has 0 bridgehead atoms. The highest BCUT2D eigenvalue weighted by molar-refractivity contribution is 9.10. The lowest BCUT2D eigenvalue weighted by molar-refractivity contribution is 0.282. The molecular weight excluding hydrogens is 326 g/mol. The Morgan fingerprint density at radius 2 is 1.68 bits per heavy atom. The first-order chi connectivity index (χ1) is 9.19. The lowest BCUT2D eigenvalue weighted by atomic mass is 10.1. The normalized spacial score (nSPS) is 10.7. The van der Waals surface area contributed by atoms with Gasteiger partial charge < -0.3 is 10.4 Å². The van der Waals surface area contributed by atoms with Crippen LogP contribution in [0.3, 0.4) is 0 Å². The van der Waals surface area contributed by atoms with Crippen LogP contribution >= 0.6 is 27.5 Å². The monoisotopic (exact) mass is 339 g/mol. The molecule has 0 radical (unpaired) electrons. The number of aliphatic hydroxyl groups excluding tert-OH is 1. The van der Waals surface area contributed by atoms with Gasteiger partial charge in [-0.05, 0) is 34.9 Å². The highest BCUT2D eigenvalue weighted by atomic mass is 79.9. The van der Waals surface area contributed by atoms with E-state index in [2.05, 4.69) is 21.2 Å². The van der Waals surface area contributed by atoms with Gasteiger partial charge in [-0.2, -0.15) is 0 Å². The van der Waals surface area contributed by atoms with Crippen molar-refractivity contribution in [1.29, 1.82) is 0 Å². The van der Waals surface area contributed by atoms with Gasteiger partial charge in [0.15, 0.2) is 0 Å². The second-order valence-electron chi connectivity index (χ2n) is 4.31. The van der Waals surface area contributed by atoms with E-state index in [1.807, 2.05) is 42.5 Å². The van der Waals surface area contributed by atoms with Crippen molar-refractivity contribution < 1.29 is 5.11 Å². The molecule has 0 fully saturated rings. The first kappa shape index (κ1) is 14.5. The van der Waals surface area contributed by atoms with E-state index in [4.69, 9.17) is 16.7 Å². The molecule has 0 aliphatic rings. The van der Waals surface area contributed by atoms with E-state index in [0.717, 1.165) is 33.7 Å². The minimum Gasteiger partial charge on any atom is -0.392 e. The fraction of sp³-hybridized carbons (Fsp3) is 0.200. The van der Waals surface area contributed by atoms with Gasteiger partial charge in [-0.3, -0.25) is 0 Å². The zero-order valence-corrected chi connectivity index (χ0v) is 12.7. The van der Waals surface area contributed by atoms with E-state index in [9.17, 15) is 0 Å². The molecule has 0 aliphatic heterocycles. The SMILES string of the molecule is OCc1ccc(CNCc2cc(Br)ccc2Cl)cc1. The van der Waals surface area contributed by atoms with Crippen LogP contribution in [0.1, 0.15) is 16.7 Å². The molecule has 0 aromatic heterocycles. The van der Waals surface area contributed by atoms with Crippen LogP contribution in [0.25, 0.3) is 0 Å². The molecule has 0 spiro atoms. The quantitative estimate of drug-likeness (QED) is 0.865. The average Bonchev–Trinajstić information content (AvgIpc) is 2.43. The summed E-state index contributed by atoms with van der Waals surface area (Å²) in [6.45, 7) is 1.58. The largest absolute Gasteiger partial charge is 0.392 e. The Hall–Kier alpha value is -0.870. The summed E-state index contributed by atoms with van der Waals surface area (Å²) in [6.07, 6.45) is 0. The van der Waals surface area contributed by atoms with Crippen LogP contribution in [0, 0.1) is 0 Å². The molecule has 0 saturated carbocycles. The molecule has 2 aromatic rings. The molecule has 2 nitrogen and oxygen atoms in total. The van der Waals surface area contributed by atoms with Crippen LogP contribution in [0.15, 0.2) is 46.9 Å². The minimum absolute atomic E-state index is 0.0847. The van der Waals surface area contributed by atoms with Crippen molar-refractivity contribution in [2.45, 2.75) is 19.7 Å². The number of benzene rings is 2. The van der Waals surface area contributed by atoms with Gasteiger partial charge >= 0.3 is 0 Å². The second-order valence-corrected chi connectivity index (χ2v) is 5.64. The standard InChI is InChI=1S/C15H15BrClNO/c16-14-5-6-15(17)13(7-14)9-18-8-11-1-3-12(10-19)4-2-11/h1-7,18-19H,8-10H2. The summed E-state index contributed by atoms with van der Waals surface area (Å²) >= 11 is 9.57. The van der Waals surface area contributed by atoms with Crippen molar-refractivity contribution in [1.82, 2.24) is 5.32 Å². The summed E-state index contributed by atoms with van der Waals surface area (Å²) in [7, 11) is 0. The summed E-state index contributed by atoms with van der Waals surface area (Å²) in [5.41, 5.74) is 3.19. The molecule has 2 N–H and O–H groups in total. The molecular formula is C15H15BrClNO. The number of nitrogens with one attached hydrogen (secondary N) is 1. The molecule has 0 atom stereocenters. The van der Waals surface area contributed by atoms with E-state index in [-0.39, 0.29) is 6.61 Å². The van der Waals surface area contributed by atoms with E-state index in [0.29, 0.717) is 0 Å². The Kier molecular flexibility index (Phi) is 5.40. The number of hydrogen-bond donors (Lipinski definition) is 2. The van der Waals surface area contributed by atoms with Gasteiger partial charge in [-0.25, -0.2) is 0 Å². The predicted octanol–water partition coefficient (Wildman–Crippen LogP) is 3.88. The molecule has 0 aliphatic carbocycles. The van der Waals surface area contributed by atoms with Crippen LogP contribution in [0.5, 0.6) is 0 Å². The van der Waals surface area contributed by atoms with Gasteiger partial charge in [-0.1, -0.05) is 51.8 Å². The highest BCUT2D eigenvalue weighted by Crippen LogP contribution is 2.20. The highest BCUT2D eigenvalue weighted by Gasteiger charge is 2.01. The lowest BCUT2D eigenvalue weighted by Gasteiger charge is -2.08. The third kappa shape index (κ3) is 4.32. The molecule has 2 rings (SSSR count). The van der Waals surface area contributed by atoms with Crippen molar-refractivity contribution in [2.75, 3.05) is 0 Å². The van der Waals surface area contributed by atoms with Gasteiger partial charge in [0.2, 0.25) is 0 Å². The van der Waals surface area contributed by atoms with Crippen LogP contribution < -0.4 is 5.32 Å². The van der Waals surface area contributed by atoms with E-state index in [1.165, 1.54) is 5.56 Å². The van der Waals surface area contributed by atoms with Gasteiger partial charge in [0.25, 0.3) is 0 Å². The van der Waals surface area contributed by atoms with Crippen LogP contribution in [-0.2, 0) is 19.7 Å². The van der Waals surface area contributed by atoms with Gasteiger partial charge in [0.1, 0.15) is 0 Å². The van der Waals surface area contributed by atoms with Crippen LogP contribution in [0.4, 0.5) is 0 Å².